The molecular weight excluding hydrogens is 328 g/mol. The molecule has 4 aliphatic rings. The number of carbonyl (C=O) groups excluding carboxylic acids is 1. The summed E-state index contributed by atoms with van der Waals surface area (Å²) in [4.78, 5) is 12.4. The van der Waals surface area contributed by atoms with Crippen molar-refractivity contribution in [3.05, 3.63) is 0 Å². The maximum absolute atomic E-state index is 12.4. The van der Waals surface area contributed by atoms with Gasteiger partial charge < -0.3 is 15.3 Å². The van der Waals surface area contributed by atoms with Crippen LogP contribution in [0.15, 0.2) is 0 Å². The van der Waals surface area contributed by atoms with Gasteiger partial charge in [0.25, 0.3) is 0 Å². The smallest absolute Gasteiger partial charge is 0.133 e. The van der Waals surface area contributed by atoms with E-state index in [1.807, 2.05) is 0 Å². The highest BCUT2D eigenvalue weighted by molar-refractivity contribution is 5.80. The molecule has 0 heterocycles. The molecule has 26 heavy (non-hydrogen) atoms. The average molecular weight is 365 g/mol. The monoisotopic (exact) mass is 364 g/mol. The van der Waals surface area contributed by atoms with E-state index in [2.05, 4.69) is 20.8 Å². The minimum absolute atomic E-state index is 0.0268. The quantitative estimate of drug-likeness (QED) is 0.669. The van der Waals surface area contributed by atoms with E-state index in [1.54, 1.807) is 6.92 Å². The van der Waals surface area contributed by atoms with Crippen molar-refractivity contribution in [1.82, 2.24) is 0 Å². The van der Waals surface area contributed by atoms with E-state index < -0.39 is 12.2 Å². The van der Waals surface area contributed by atoms with Crippen molar-refractivity contribution in [2.75, 3.05) is 0 Å². The Bertz CT molecular complexity index is 591. The maximum Gasteiger partial charge on any atom is 0.133 e. The molecule has 0 aromatic rings. The molecule has 0 aliphatic heterocycles. The third-order valence-electron chi connectivity index (χ3n) is 9.36. The van der Waals surface area contributed by atoms with Crippen LogP contribution in [0.2, 0.25) is 0 Å². The Morgan fingerprint density at radius 1 is 0.962 bits per heavy atom. The highest BCUT2D eigenvalue weighted by Gasteiger charge is 2.66. The Hall–Kier alpha value is -0.450. The summed E-state index contributed by atoms with van der Waals surface area (Å²) in [5.74, 6) is 1.58. The molecule has 4 nitrogen and oxygen atoms in total. The fourth-order valence-electron chi connectivity index (χ4n) is 8.64. The molecular formula is C22H36O4. The lowest BCUT2D eigenvalue weighted by atomic mass is 9.43. The first-order chi connectivity index (χ1) is 12.1. The van der Waals surface area contributed by atoms with Crippen LogP contribution >= 0.6 is 0 Å². The molecule has 0 spiro atoms. The predicted octanol–water partition coefficient (Wildman–Crippen LogP) is 2.78. The summed E-state index contributed by atoms with van der Waals surface area (Å²) in [5, 5.41) is 32.5. The largest absolute Gasteiger partial charge is 0.393 e. The van der Waals surface area contributed by atoms with Crippen molar-refractivity contribution in [2.24, 2.45) is 46.3 Å². The average Bonchev–Trinajstić information content (AvgIpc) is 2.79. The Morgan fingerprint density at radius 3 is 2.31 bits per heavy atom. The Labute approximate surface area is 157 Å². The highest BCUT2D eigenvalue weighted by Crippen LogP contribution is 2.68. The molecule has 0 aromatic carbocycles. The topological polar surface area (TPSA) is 77.8 Å². The predicted molar refractivity (Wildman–Crippen MR) is 99.2 cm³/mol. The molecule has 148 valence electrons. The van der Waals surface area contributed by atoms with Crippen molar-refractivity contribution in [2.45, 2.75) is 84.5 Å². The van der Waals surface area contributed by atoms with Gasteiger partial charge >= 0.3 is 0 Å². The van der Waals surface area contributed by atoms with Crippen LogP contribution < -0.4 is 0 Å². The van der Waals surface area contributed by atoms with Gasteiger partial charge in [0.1, 0.15) is 5.78 Å². The van der Waals surface area contributed by atoms with E-state index in [9.17, 15) is 20.1 Å². The molecule has 4 rings (SSSR count). The van der Waals surface area contributed by atoms with Crippen LogP contribution in [-0.2, 0) is 4.79 Å². The number of carbonyl (C=O) groups is 1. The van der Waals surface area contributed by atoms with Gasteiger partial charge in [0.05, 0.1) is 18.3 Å². The molecule has 3 N–H and O–H groups in total. The van der Waals surface area contributed by atoms with Crippen molar-refractivity contribution in [1.29, 1.82) is 0 Å². The SMILES string of the molecule is CC(=O)C1C(C)CC2C3CC(O)C4CC(O)CCC4(C)C3C(O)CC21C. The summed E-state index contributed by atoms with van der Waals surface area (Å²) in [7, 11) is 0. The number of aliphatic hydroxyl groups excluding tert-OH is 3. The molecule has 11 unspecified atom stereocenters. The van der Waals surface area contributed by atoms with Gasteiger partial charge in [-0.25, -0.2) is 0 Å². The summed E-state index contributed by atoms with van der Waals surface area (Å²) < 4.78 is 0. The molecule has 4 aliphatic carbocycles. The molecule has 4 heteroatoms. The molecule has 0 radical (unpaired) electrons. The van der Waals surface area contributed by atoms with Gasteiger partial charge in [0.2, 0.25) is 0 Å². The summed E-state index contributed by atoms with van der Waals surface area (Å²) in [6.45, 7) is 8.37. The van der Waals surface area contributed by atoms with Crippen LogP contribution in [0.3, 0.4) is 0 Å². The van der Waals surface area contributed by atoms with E-state index in [1.165, 1.54) is 0 Å². The van der Waals surface area contributed by atoms with Gasteiger partial charge in [0, 0.05) is 5.92 Å². The number of Topliss-reactive ketones (excluding diaryl/α,β-unsaturated/α-hetero) is 1. The molecule has 0 amide bonds. The molecule has 11 atom stereocenters. The first-order valence-electron chi connectivity index (χ1n) is 10.6. The number of hydrogen-bond acceptors (Lipinski definition) is 4. The second kappa shape index (κ2) is 6.02. The molecule has 0 saturated heterocycles. The zero-order chi connectivity index (χ0) is 19.0. The summed E-state index contributed by atoms with van der Waals surface area (Å²) in [6, 6.07) is 0. The lowest BCUT2D eigenvalue weighted by Gasteiger charge is -2.63. The van der Waals surface area contributed by atoms with Gasteiger partial charge in [-0.3, -0.25) is 4.79 Å². The highest BCUT2D eigenvalue weighted by atomic mass is 16.3. The molecule has 0 bridgehead atoms. The summed E-state index contributed by atoms with van der Waals surface area (Å²) in [5.41, 5.74) is -0.261. The lowest BCUT2D eigenvalue weighted by Crippen LogP contribution is -2.62. The second-order valence-electron chi connectivity index (χ2n) is 10.7. The standard InChI is InChI=1S/C22H36O4/c1-11-7-15-14-9-17(25)16-8-13(24)5-6-21(16,3)20(14)18(26)10-22(15,4)19(11)12(2)23/h11,13-20,24-26H,5-10H2,1-4H3. The van der Waals surface area contributed by atoms with Crippen molar-refractivity contribution in [3.8, 4) is 0 Å². The summed E-state index contributed by atoms with van der Waals surface area (Å²) in [6.07, 6.45) is 3.61. The van der Waals surface area contributed by atoms with Gasteiger partial charge in [0.15, 0.2) is 0 Å². The first-order valence-corrected chi connectivity index (χ1v) is 10.6. The van der Waals surface area contributed by atoms with Crippen LogP contribution in [0.5, 0.6) is 0 Å². The number of aliphatic hydroxyl groups is 3. The minimum Gasteiger partial charge on any atom is -0.393 e. The van der Waals surface area contributed by atoms with Crippen LogP contribution in [0.25, 0.3) is 0 Å². The normalized spacial score (nSPS) is 59.3. The Balaban J connectivity index is 1.73. The van der Waals surface area contributed by atoms with E-state index in [-0.39, 0.29) is 46.4 Å². The van der Waals surface area contributed by atoms with Crippen LogP contribution in [0.4, 0.5) is 0 Å². The van der Waals surface area contributed by atoms with E-state index in [0.29, 0.717) is 31.1 Å². The van der Waals surface area contributed by atoms with E-state index in [4.69, 9.17) is 0 Å². The molecule has 0 aromatic heterocycles. The van der Waals surface area contributed by atoms with Gasteiger partial charge in [-0.15, -0.1) is 0 Å². The van der Waals surface area contributed by atoms with Gasteiger partial charge in [-0.1, -0.05) is 20.8 Å². The zero-order valence-electron chi connectivity index (χ0n) is 16.7. The fourth-order valence-corrected chi connectivity index (χ4v) is 8.64. The van der Waals surface area contributed by atoms with Crippen LogP contribution in [0.1, 0.15) is 66.2 Å². The van der Waals surface area contributed by atoms with E-state index in [0.717, 1.165) is 19.3 Å². The number of rotatable bonds is 1. The Kier molecular flexibility index (Phi) is 4.38. The number of hydrogen-bond donors (Lipinski definition) is 3. The summed E-state index contributed by atoms with van der Waals surface area (Å²) >= 11 is 0. The number of fused-ring (bicyclic) bond motifs is 5. The lowest BCUT2D eigenvalue weighted by molar-refractivity contribution is -0.207. The zero-order valence-corrected chi connectivity index (χ0v) is 16.7. The van der Waals surface area contributed by atoms with Gasteiger partial charge in [-0.2, -0.15) is 0 Å². The maximum atomic E-state index is 12.4. The first kappa shape index (κ1) is 18.9. The Morgan fingerprint density at radius 2 is 1.65 bits per heavy atom. The fraction of sp³-hybridized carbons (Fsp3) is 0.955. The molecule has 4 fully saturated rings. The van der Waals surface area contributed by atoms with Crippen LogP contribution in [0, 0.1) is 46.3 Å². The van der Waals surface area contributed by atoms with Crippen molar-refractivity contribution >= 4 is 5.78 Å². The second-order valence-corrected chi connectivity index (χ2v) is 10.7. The van der Waals surface area contributed by atoms with Crippen molar-refractivity contribution in [3.63, 3.8) is 0 Å². The number of ketones is 1. The minimum atomic E-state index is -0.413. The third-order valence-corrected chi connectivity index (χ3v) is 9.36. The van der Waals surface area contributed by atoms with Crippen LogP contribution in [-0.4, -0.2) is 39.4 Å². The molecule has 4 saturated carbocycles. The van der Waals surface area contributed by atoms with Crippen molar-refractivity contribution < 1.29 is 20.1 Å². The third kappa shape index (κ3) is 2.41. The van der Waals surface area contributed by atoms with Gasteiger partial charge in [-0.05, 0) is 85.9 Å². The van der Waals surface area contributed by atoms with E-state index >= 15 is 0 Å².